The summed E-state index contributed by atoms with van der Waals surface area (Å²) in [5, 5.41) is 0. The van der Waals surface area contributed by atoms with Gasteiger partial charge in [0.15, 0.2) is 0 Å². The lowest BCUT2D eigenvalue weighted by molar-refractivity contribution is -0.141. The zero-order valence-corrected chi connectivity index (χ0v) is 12.3. The van der Waals surface area contributed by atoms with Gasteiger partial charge in [-0.2, -0.15) is 0 Å². The molecule has 0 spiro atoms. The lowest BCUT2D eigenvalue weighted by atomic mass is 10.0. The van der Waals surface area contributed by atoms with Crippen molar-refractivity contribution in [1.82, 2.24) is 4.90 Å². The summed E-state index contributed by atoms with van der Waals surface area (Å²) in [4.78, 5) is 24.7. The highest BCUT2D eigenvalue weighted by molar-refractivity contribution is 5.82. The number of nitrogens with zero attached hydrogens (tertiary/aromatic N) is 1. The van der Waals surface area contributed by atoms with Gasteiger partial charge in [-0.1, -0.05) is 29.8 Å². The Labute approximate surface area is 119 Å². The molecule has 1 unspecified atom stereocenters. The number of benzene rings is 1. The van der Waals surface area contributed by atoms with E-state index in [0.717, 1.165) is 11.1 Å². The van der Waals surface area contributed by atoms with Gasteiger partial charge in [0.1, 0.15) is 6.04 Å². The minimum atomic E-state index is -0.668. The van der Waals surface area contributed by atoms with Crippen molar-refractivity contribution < 1.29 is 14.3 Å². The molecule has 1 aromatic rings. The van der Waals surface area contributed by atoms with Gasteiger partial charge >= 0.3 is 5.97 Å². The van der Waals surface area contributed by atoms with E-state index >= 15 is 0 Å². The van der Waals surface area contributed by atoms with Gasteiger partial charge in [0.2, 0.25) is 5.91 Å². The molecule has 2 N–H and O–H groups in total. The monoisotopic (exact) mass is 278 g/mol. The molecular weight excluding hydrogens is 256 g/mol. The van der Waals surface area contributed by atoms with Crippen molar-refractivity contribution in [3.8, 4) is 0 Å². The molecule has 0 heterocycles. The van der Waals surface area contributed by atoms with Crippen molar-refractivity contribution in [2.45, 2.75) is 25.8 Å². The van der Waals surface area contributed by atoms with Crippen LogP contribution in [0.5, 0.6) is 0 Å². The second-order valence-corrected chi connectivity index (χ2v) is 4.83. The summed E-state index contributed by atoms with van der Waals surface area (Å²) in [5.74, 6) is -0.424. The molecule has 1 rings (SSSR count). The summed E-state index contributed by atoms with van der Waals surface area (Å²) in [7, 11) is 3.04. The van der Waals surface area contributed by atoms with E-state index in [0.29, 0.717) is 19.4 Å². The molecule has 0 saturated heterocycles. The summed E-state index contributed by atoms with van der Waals surface area (Å²) in [5.41, 5.74) is 7.88. The molecular formula is C15H22N2O3. The fourth-order valence-corrected chi connectivity index (χ4v) is 1.83. The highest BCUT2D eigenvalue weighted by Gasteiger charge is 2.19. The quantitative estimate of drug-likeness (QED) is 0.798. The van der Waals surface area contributed by atoms with E-state index in [2.05, 4.69) is 4.74 Å². The standard InChI is InChI=1S/C15H22N2O3/c1-11-6-8-12(9-7-11)14(16)15(19)17(2)10-4-5-13(18)20-3/h6-9,14H,4-5,10,16H2,1-3H3. The molecule has 0 aliphatic rings. The van der Waals surface area contributed by atoms with Gasteiger partial charge in [-0.15, -0.1) is 0 Å². The van der Waals surface area contributed by atoms with Gasteiger partial charge in [0.25, 0.3) is 0 Å². The first-order valence-electron chi connectivity index (χ1n) is 6.59. The third-order valence-corrected chi connectivity index (χ3v) is 3.18. The molecule has 0 fully saturated rings. The van der Waals surface area contributed by atoms with Crippen LogP contribution in [-0.2, 0) is 14.3 Å². The fraction of sp³-hybridized carbons (Fsp3) is 0.467. The van der Waals surface area contributed by atoms with Crippen LogP contribution in [0.25, 0.3) is 0 Å². The van der Waals surface area contributed by atoms with E-state index in [9.17, 15) is 9.59 Å². The van der Waals surface area contributed by atoms with Crippen molar-refractivity contribution >= 4 is 11.9 Å². The van der Waals surface area contributed by atoms with Crippen molar-refractivity contribution in [3.63, 3.8) is 0 Å². The zero-order chi connectivity index (χ0) is 15.1. The number of rotatable bonds is 6. The van der Waals surface area contributed by atoms with E-state index in [1.165, 1.54) is 7.11 Å². The van der Waals surface area contributed by atoms with Crippen LogP contribution in [-0.4, -0.2) is 37.5 Å². The predicted octanol–water partition coefficient (Wildman–Crippen LogP) is 1.41. The molecule has 1 atom stereocenters. The van der Waals surface area contributed by atoms with Crippen LogP contribution >= 0.6 is 0 Å². The SMILES string of the molecule is COC(=O)CCCN(C)C(=O)C(N)c1ccc(C)cc1. The first-order valence-corrected chi connectivity index (χ1v) is 6.59. The Bertz CT molecular complexity index is 457. The van der Waals surface area contributed by atoms with Gasteiger partial charge in [0.05, 0.1) is 7.11 Å². The van der Waals surface area contributed by atoms with Gasteiger partial charge in [-0.25, -0.2) is 0 Å². The topological polar surface area (TPSA) is 72.6 Å². The highest BCUT2D eigenvalue weighted by Crippen LogP contribution is 2.14. The molecule has 5 nitrogen and oxygen atoms in total. The van der Waals surface area contributed by atoms with Crippen LogP contribution in [0.2, 0.25) is 0 Å². The lowest BCUT2D eigenvalue weighted by Crippen LogP contribution is -2.36. The summed E-state index contributed by atoms with van der Waals surface area (Å²) < 4.78 is 4.55. The van der Waals surface area contributed by atoms with Gasteiger partial charge in [-0.3, -0.25) is 9.59 Å². The Kier molecular flexibility index (Phi) is 6.18. The van der Waals surface area contributed by atoms with Crippen molar-refractivity contribution in [3.05, 3.63) is 35.4 Å². The normalized spacial score (nSPS) is 11.8. The van der Waals surface area contributed by atoms with Crippen LogP contribution in [0.4, 0.5) is 0 Å². The van der Waals surface area contributed by atoms with Gasteiger partial charge in [0, 0.05) is 20.0 Å². The summed E-state index contributed by atoms with van der Waals surface area (Å²) in [6.07, 6.45) is 0.865. The average Bonchev–Trinajstić information content (AvgIpc) is 2.46. The number of nitrogens with two attached hydrogens (primary N) is 1. The summed E-state index contributed by atoms with van der Waals surface area (Å²) in [6.45, 7) is 2.46. The predicted molar refractivity (Wildman–Crippen MR) is 77.0 cm³/mol. The molecule has 0 aliphatic carbocycles. The molecule has 0 bridgehead atoms. The zero-order valence-electron chi connectivity index (χ0n) is 12.3. The minimum absolute atomic E-state index is 0.154. The molecule has 0 radical (unpaired) electrons. The van der Waals surface area contributed by atoms with Gasteiger partial charge in [-0.05, 0) is 18.9 Å². The van der Waals surface area contributed by atoms with Crippen molar-refractivity contribution in [2.75, 3.05) is 20.7 Å². The number of esters is 1. The first kappa shape index (κ1) is 16.2. The first-order chi connectivity index (χ1) is 9.45. The Morgan fingerprint density at radius 3 is 2.45 bits per heavy atom. The van der Waals surface area contributed by atoms with E-state index in [-0.39, 0.29) is 11.9 Å². The molecule has 0 aromatic heterocycles. The van der Waals surface area contributed by atoms with Crippen LogP contribution in [0.1, 0.15) is 30.0 Å². The number of carbonyl (C=O) groups is 2. The van der Waals surface area contributed by atoms with E-state index < -0.39 is 6.04 Å². The highest BCUT2D eigenvalue weighted by atomic mass is 16.5. The molecule has 110 valence electrons. The van der Waals surface area contributed by atoms with Crippen LogP contribution in [0.15, 0.2) is 24.3 Å². The van der Waals surface area contributed by atoms with Crippen molar-refractivity contribution in [2.24, 2.45) is 5.73 Å². The lowest BCUT2D eigenvalue weighted by Gasteiger charge is -2.21. The Hall–Kier alpha value is -1.88. The number of methoxy groups -OCH3 is 1. The smallest absolute Gasteiger partial charge is 0.305 e. The van der Waals surface area contributed by atoms with Crippen LogP contribution < -0.4 is 5.73 Å². The number of amides is 1. The summed E-state index contributed by atoms with van der Waals surface area (Å²) >= 11 is 0. The van der Waals surface area contributed by atoms with Gasteiger partial charge < -0.3 is 15.4 Å². The number of hydrogen-bond acceptors (Lipinski definition) is 4. The number of carbonyl (C=O) groups excluding carboxylic acids is 2. The summed E-state index contributed by atoms with van der Waals surface area (Å²) in [6, 6.07) is 6.92. The maximum absolute atomic E-state index is 12.2. The maximum atomic E-state index is 12.2. The fourth-order valence-electron chi connectivity index (χ4n) is 1.83. The Balaban J connectivity index is 2.51. The molecule has 0 saturated carbocycles. The Morgan fingerprint density at radius 1 is 1.30 bits per heavy atom. The third-order valence-electron chi connectivity index (χ3n) is 3.18. The maximum Gasteiger partial charge on any atom is 0.305 e. The van der Waals surface area contributed by atoms with E-state index in [1.54, 1.807) is 11.9 Å². The molecule has 1 amide bonds. The second-order valence-electron chi connectivity index (χ2n) is 4.83. The number of ether oxygens (including phenoxy) is 1. The number of likely N-dealkylation sites (N-methyl/N-ethyl adjacent to an activating group) is 1. The number of hydrogen-bond donors (Lipinski definition) is 1. The second kappa shape index (κ2) is 7.65. The van der Waals surface area contributed by atoms with E-state index in [4.69, 9.17) is 5.73 Å². The van der Waals surface area contributed by atoms with Crippen LogP contribution in [0, 0.1) is 6.92 Å². The molecule has 5 heteroatoms. The largest absolute Gasteiger partial charge is 0.469 e. The van der Waals surface area contributed by atoms with Crippen molar-refractivity contribution in [1.29, 1.82) is 0 Å². The third kappa shape index (κ3) is 4.66. The number of aryl methyl sites for hydroxylation is 1. The average molecular weight is 278 g/mol. The van der Waals surface area contributed by atoms with E-state index in [1.807, 2.05) is 31.2 Å². The van der Waals surface area contributed by atoms with Crippen LogP contribution in [0.3, 0.4) is 0 Å². The minimum Gasteiger partial charge on any atom is -0.469 e. The molecule has 1 aromatic carbocycles. The Morgan fingerprint density at radius 2 is 1.90 bits per heavy atom. The molecule has 20 heavy (non-hydrogen) atoms. The molecule has 0 aliphatic heterocycles.